The Morgan fingerprint density at radius 1 is 1.23 bits per heavy atom. The average molecular weight is 186 g/mol. The Bertz CT molecular complexity index is 173. The second kappa shape index (κ2) is 3.56. The maximum absolute atomic E-state index is 9.39. The van der Waals surface area contributed by atoms with Gasteiger partial charge in [-0.3, -0.25) is 0 Å². The summed E-state index contributed by atoms with van der Waals surface area (Å²) < 4.78 is 11.0. The van der Waals surface area contributed by atoms with Gasteiger partial charge in [-0.15, -0.1) is 0 Å². The Kier molecular flexibility index (Phi) is 2.58. The standard InChI is InChI=1S/C10H18O3/c1-12-9-4-7-10(13-9)5-2-8(11)3-6-10/h8-9,11H,2-7H2,1H3. The largest absolute Gasteiger partial charge is 0.393 e. The summed E-state index contributed by atoms with van der Waals surface area (Å²) in [4.78, 5) is 0. The van der Waals surface area contributed by atoms with E-state index in [1.807, 2.05) is 0 Å². The van der Waals surface area contributed by atoms with Gasteiger partial charge in [0.25, 0.3) is 0 Å². The van der Waals surface area contributed by atoms with Crippen molar-refractivity contribution < 1.29 is 14.6 Å². The second-order valence-corrected chi connectivity index (χ2v) is 4.24. The van der Waals surface area contributed by atoms with Crippen LogP contribution in [0, 0.1) is 0 Å². The third kappa shape index (κ3) is 1.87. The van der Waals surface area contributed by atoms with Gasteiger partial charge in [0, 0.05) is 13.5 Å². The monoisotopic (exact) mass is 186 g/mol. The molecule has 3 nitrogen and oxygen atoms in total. The van der Waals surface area contributed by atoms with Crippen molar-refractivity contribution in [2.24, 2.45) is 0 Å². The number of hydrogen-bond donors (Lipinski definition) is 1. The number of aliphatic hydroxyl groups excluding tert-OH is 1. The van der Waals surface area contributed by atoms with E-state index in [4.69, 9.17) is 9.47 Å². The molecule has 2 aliphatic rings. The highest BCUT2D eigenvalue weighted by Gasteiger charge is 2.42. The number of aliphatic hydroxyl groups is 1. The molecule has 0 aromatic rings. The summed E-state index contributed by atoms with van der Waals surface area (Å²) in [6, 6.07) is 0. The van der Waals surface area contributed by atoms with Crippen LogP contribution in [0.25, 0.3) is 0 Å². The van der Waals surface area contributed by atoms with Crippen molar-refractivity contribution in [1.82, 2.24) is 0 Å². The lowest BCUT2D eigenvalue weighted by molar-refractivity contribution is -0.169. The Morgan fingerprint density at radius 3 is 2.38 bits per heavy atom. The van der Waals surface area contributed by atoms with Crippen molar-refractivity contribution in [3.05, 3.63) is 0 Å². The summed E-state index contributed by atoms with van der Waals surface area (Å²) in [5, 5.41) is 9.39. The van der Waals surface area contributed by atoms with Crippen LogP contribution in [0.3, 0.4) is 0 Å². The number of ether oxygens (including phenoxy) is 2. The SMILES string of the molecule is COC1CCC2(CCC(O)CC2)O1. The topological polar surface area (TPSA) is 38.7 Å². The number of hydrogen-bond acceptors (Lipinski definition) is 3. The molecule has 76 valence electrons. The molecule has 1 heterocycles. The number of rotatable bonds is 1. The molecule has 2 fully saturated rings. The van der Waals surface area contributed by atoms with Crippen molar-refractivity contribution in [2.75, 3.05) is 7.11 Å². The van der Waals surface area contributed by atoms with Crippen LogP contribution in [0.5, 0.6) is 0 Å². The molecule has 1 unspecified atom stereocenters. The van der Waals surface area contributed by atoms with Crippen LogP contribution in [0.2, 0.25) is 0 Å². The minimum absolute atomic E-state index is 0.00440. The van der Waals surface area contributed by atoms with Crippen LogP contribution >= 0.6 is 0 Å². The molecule has 1 spiro atoms. The lowest BCUT2D eigenvalue weighted by Gasteiger charge is -2.35. The molecule has 3 heteroatoms. The summed E-state index contributed by atoms with van der Waals surface area (Å²) >= 11 is 0. The molecule has 13 heavy (non-hydrogen) atoms. The quantitative estimate of drug-likeness (QED) is 0.673. The summed E-state index contributed by atoms with van der Waals surface area (Å²) in [6.45, 7) is 0. The molecule has 1 N–H and O–H groups in total. The minimum Gasteiger partial charge on any atom is -0.393 e. The predicted octanol–water partition coefficient (Wildman–Crippen LogP) is 1.44. The first-order chi connectivity index (χ1) is 6.24. The first kappa shape index (κ1) is 9.44. The fraction of sp³-hybridized carbons (Fsp3) is 1.00. The number of methoxy groups -OCH3 is 1. The second-order valence-electron chi connectivity index (χ2n) is 4.24. The smallest absolute Gasteiger partial charge is 0.158 e. The van der Waals surface area contributed by atoms with E-state index in [2.05, 4.69) is 0 Å². The van der Waals surface area contributed by atoms with Crippen LogP contribution in [-0.2, 0) is 9.47 Å². The van der Waals surface area contributed by atoms with Crippen molar-refractivity contribution in [3.8, 4) is 0 Å². The fourth-order valence-electron chi connectivity index (χ4n) is 2.44. The van der Waals surface area contributed by atoms with E-state index in [9.17, 15) is 5.11 Å². The van der Waals surface area contributed by atoms with E-state index in [-0.39, 0.29) is 18.0 Å². The van der Waals surface area contributed by atoms with Gasteiger partial charge < -0.3 is 14.6 Å². The molecule has 2 rings (SSSR count). The van der Waals surface area contributed by atoms with Crippen LogP contribution in [0.15, 0.2) is 0 Å². The van der Waals surface area contributed by atoms with Gasteiger partial charge in [0.05, 0.1) is 11.7 Å². The van der Waals surface area contributed by atoms with Crippen LogP contribution in [0.4, 0.5) is 0 Å². The predicted molar refractivity (Wildman–Crippen MR) is 48.3 cm³/mol. The summed E-state index contributed by atoms with van der Waals surface area (Å²) in [6.07, 6.45) is 5.76. The average Bonchev–Trinajstić information content (AvgIpc) is 2.55. The van der Waals surface area contributed by atoms with Crippen LogP contribution < -0.4 is 0 Å². The van der Waals surface area contributed by atoms with Crippen molar-refractivity contribution in [2.45, 2.75) is 56.5 Å². The van der Waals surface area contributed by atoms with Crippen LogP contribution in [-0.4, -0.2) is 30.2 Å². The van der Waals surface area contributed by atoms with Gasteiger partial charge in [0.1, 0.15) is 0 Å². The lowest BCUT2D eigenvalue weighted by Crippen LogP contribution is -2.36. The Hall–Kier alpha value is -0.120. The molecule has 1 aliphatic carbocycles. The Balaban J connectivity index is 1.92. The molecule has 1 atom stereocenters. The Morgan fingerprint density at radius 2 is 1.85 bits per heavy atom. The highest BCUT2D eigenvalue weighted by atomic mass is 16.7. The zero-order valence-electron chi connectivity index (χ0n) is 8.16. The maximum Gasteiger partial charge on any atom is 0.158 e. The summed E-state index contributed by atoms with van der Waals surface area (Å²) in [7, 11) is 1.70. The highest BCUT2D eigenvalue weighted by molar-refractivity contribution is 4.91. The molecule has 0 aromatic carbocycles. The molecule has 1 saturated heterocycles. The van der Waals surface area contributed by atoms with Gasteiger partial charge in [0.2, 0.25) is 0 Å². The Labute approximate surface area is 79.0 Å². The zero-order valence-corrected chi connectivity index (χ0v) is 8.16. The van der Waals surface area contributed by atoms with Gasteiger partial charge in [-0.25, -0.2) is 0 Å². The van der Waals surface area contributed by atoms with Gasteiger partial charge in [0.15, 0.2) is 6.29 Å². The molecule has 0 amide bonds. The minimum atomic E-state index is -0.101. The molecule has 1 saturated carbocycles. The molecular formula is C10H18O3. The zero-order chi connectivity index (χ0) is 9.31. The molecular weight excluding hydrogens is 168 g/mol. The van der Waals surface area contributed by atoms with E-state index >= 15 is 0 Å². The van der Waals surface area contributed by atoms with Gasteiger partial charge in [-0.05, 0) is 32.1 Å². The van der Waals surface area contributed by atoms with Crippen molar-refractivity contribution >= 4 is 0 Å². The van der Waals surface area contributed by atoms with E-state index in [0.29, 0.717) is 0 Å². The first-order valence-corrected chi connectivity index (χ1v) is 5.13. The van der Waals surface area contributed by atoms with Gasteiger partial charge >= 0.3 is 0 Å². The van der Waals surface area contributed by atoms with E-state index in [1.165, 1.54) is 0 Å². The third-order valence-corrected chi connectivity index (χ3v) is 3.35. The van der Waals surface area contributed by atoms with E-state index < -0.39 is 0 Å². The van der Waals surface area contributed by atoms with E-state index in [0.717, 1.165) is 38.5 Å². The van der Waals surface area contributed by atoms with Gasteiger partial charge in [-0.2, -0.15) is 0 Å². The summed E-state index contributed by atoms with van der Waals surface area (Å²) in [5.74, 6) is 0. The first-order valence-electron chi connectivity index (χ1n) is 5.13. The summed E-state index contributed by atoms with van der Waals surface area (Å²) in [5.41, 5.74) is 0.0416. The molecule has 1 aliphatic heterocycles. The van der Waals surface area contributed by atoms with E-state index in [1.54, 1.807) is 7.11 Å². The normalized spacial score (nSPS) is 45.7. The molecule has 0 radical (unpaired) electrons. The maximum atomic E-state index is 9.39. The highest BCUT2D eigenvalue weighted by Crippen LogP contribution is 2.41. The fourth-order valence-corrected chi connectivity index (χ4v) is 2.44. The lowest BCUT2D eigenvalue weighted by atomic mass is 9.81. The third-order valence-electron chi connectivity index (χ3n) is 3.35. The van der Waals surface area contributed by atoms with Crippen molar-refractivity contribution in [1.29, 1.82) is 0 Å². The van der Waals surface area contributed by atoms with Gasteiger partial charge in [-0.1, -0.05) is 0 Å². The molecule has 0 aromatic heterocycles. The van der Waals surface area contributed by atoms with Crippen molar-refractivity contribution in [3.63, 3.8) is 0 Å². The van der Waals surface area contributed by atoms with Crippen LogP contribution in [0.1, 0.15) is 38.5 Å². The molecule has 0 bridgehead atoms.